The van der Waals surface area contributed by atoms with Crippen molar-refractivity contribution in [1.82, 2.24) is 15.5 Å². The summed E-state index contributed by atoms with van der Waals surface area (Å²) < 4.78 is 21.7. The molecule has 0 spiro atoms. The number of sulfonamides is 1. The fourth-order valence-corrected chi connectivity index (χ4v) is 3.00. The molecule has 0 aliphatic carbocycles. The summed E-state index contributed by atoms with van der Waals surface area (Å²) in [6.45, 7) is 1.60. The van der Waals surface area contributed by atoms with E-state index in [1.54, 1.807) is 0 Å². The van der Waals surface area contributed by atoms with Gasteiger partial charge in [0.2, 0.25) is 15.4 Å². The predicted molar refractivity (Wildman–Crippen MR) is 65.5 cm³/mol. The van der Waals surface area contributed by atoms with Gasteiger partial charge in [0.1, 0.15) is 0 Å². The number of primary sulfonamides is 1. The normalized spacial score (nSPS) is 17.6. The second kappa shape index (κ2) is 5.26. The van der Waals surface area contributed by atoms with Crippen molar-refractivity contribution in [2.24, 2.45) is 11.1 Å². The van der Waals surface area contributed by atoms with Gasteiger partial charge in [-0.25, -0.2) is 13.6 Å². The van der Waals surface area contributed by atoms with Gasteiger partial charge in [-0.05, 0) is 25.9 Å². The summed E-state index contributed by atoms with van der Waals surface area (Å²) >= 11 is 0.749. The van der Waals surface area contributed by atoms with E-state index in [0.717, 1.165) is 37.3 Å². The molecule has 0 radical (unpaired) electrons. The minimum Gasteiger partial charge on any atom is -0.317 e. The van der Waals surface area contributed by atoms with E-state index >= 15 is 0 Å². The lowest BCUT2D eigenvalue weighted by Crippen LogP contribution is -2.34. The average molecular weight is 291 g/mol. The average Bonchev–Trinajstić information content (AvgIpc) is 2.78. The molecule has 0 atom stereocenters. The van der Waals surface area contributed by atoms with E-state index in [0.29, 0.717) is 0 Å². The van der Waals surface area contributed by atoms with Gasteiger partial charge in [0.05, 0.1) is 0 Å². The lowest BCUT2D eigenvalue weighted by atomic mass is 9.97. The SMILES string of the molecule is NS(=O)(=O)c1nnc(NC(=O)C2CCNCC2)s1. The van der Waals surface area contributed by atoms with Crippen LogP contribution in [0, 0.1) is 5.92 Å². The zero-order valence-electron chi connectivity index (χ0n) is 9.42. The minimum absolute atomic E-state index is 0.0758. The van der Waals surface area contributed by atoms with Crippen LogP contribution in [-0.4, -0.2) is 37.6 Å². The maximum absolute atomic E-state index is 11.8. The van der Waals surface area contributed by atoms with E-state index in [1.807, 2.05) is 0 Å². The molecular weight excluding hydrogens is 278 g/mol. The van der Waals surface area contributed by atoms with E-state index in [9.17, 15) is 13.2 Å². The molecule has 100 valence electrons. The third-order valence-corrected chi connectivity index (χ3v) is 4.74. The summed E-state index contributed by atoms with van der Waals surface area (Å²) in [5, 5.41) is 17.8. The number of carbonyl (C=O) groups excluding carboxylic acids is 1. The molecule has 4 N–H and O–H groups in total. The fourth-order valence-electron chi connectivity index (χ4n) is 1.67. The Kier molecular flexibility index (Phi) is 3.90. The smallest absolute Gasteiger partial charge is 0.267 e. The first-order valence-corrected chi connectivity index (χ1v) is 7.71. The first-order chi connectivity index (χ1) is 8.47. The Bertz CT molecular complexity index is 535. The molecule has 1 amide bonds. The van der Waals surface area contributed by atoms with Crippen LogP contribution >= 0.6 is 11.3 Å². The molecule has 0 aromatic carbocycles. The molecule has 1 aliphatic rings. The number of anilines is 1. The minimum atomic E-state index is -3.86. The number of carbonyl (C=O) groups is 1. The third kappa shape index (κ3) is 3.22. The lowest BCUT2D eigenvalue weighted by Gasteiger charge is -2.20. The van der Waals surface area contributed by atoms with Crippen LogP contribution in [0.15, 0.2) is 4.34 Å². The number of nitrogens with one attached hydrogen (secondary N) is 2. The van der Waals surface area contributed by atoms with Gasteiger partial charge in [-0.2, -0.15) is 0 Å². The van der Waals surface area contributed by atoms with Crippen LogP contribution in [0.2, 0.25) is 0 Å². The van der Waals surface area contributed by atoms with Crippen LogP contribution < -0.4 is 15.8 Å². The van der Waals surface area contributed by atoms with Gasteiger partial charge >= 0.3 is 0 Å². The number of amides is 1. The lowest BCUT2D eigenvalue weighted by molar-refractivity contribution is -0.120. The Morgan fingerprint density at radius 1 is 1.39 bits per heavy atom. The molecule has 2 rings (SSSR count). The zero-order valence-corrected chi connectivity index (χ0v) is 11.1. The van der Waals surface area contributed by atoms with Gasteiger partial charge in [-0.1, -0.05) is 11.3 Å². The number of aromatic nitrogens is 2. The maximum Gasteiger partial charge on any atom is 0.267 e. The van der Waals surface area contributed by atoms with Crippen molar-refractivity contribution in [3.8, 4) is 0 Å². The van der Waals surface area contributed by atoms with Crippen molar-refractivity contribution in [1.29, 1.82) is 0 Å². The maximum atomic E-state index is 11.8. The highest BCUT2D eigenvalue weighted by molar-refractivity contribution is 7.91. The zero-order chi connectivity index (χ0) is 13.2. The molecule has 0 saturated carbocycles. The molecule has 8 nitrogen and oxygen atoms in total. The number of hydrogen-bond acceptors (Lipinski definition) is 7. The second-order valence-electron chi connectivity index (χ2n) is 3.93. The Morgan fingerprint density at radius 2 is 2.06 bits per heavy atom. The van der Waals surface area contributed by atoms with Gasteiger partial charge in [-0.3, -0.25) is 4.79 Å². The summed E-state index contributed by atoms with van der Waals surface area (Å²) in [4.78, 5) is 11.8. The summed E-state index contributed by atoms with van der Waals surface area (Å²) in [6, 6.07) is 0. The van der Waals surface area contributed by atoms with Crippen molar-refractivity contribution < 1.29 is 13.2 Å². The molecular formula is C8H13N5O3S2. The molecule has 0 bridgehead atoms. The molecule has 1 aromatic rings. The van der Waals surface area contributed by atoms with Crippen molar-refractivity contribution in [3.63, 3.8) is 0 Å². The Hall–Kier alpha value is -1.10. The quantitative estimate of drug-likeness (QED) is 0.621. The molecule has 1 aromatic heterocycles. The van der Waals surface area contributed by atoms with E-state index in [4.69, 9.17) is 5.14 Å². The molecule has 1 aliphatic heterocycles. The summed E-state index contributed by atoms with van der Waals surface area (Å²) in [6.07, 6.45) is 1.51. The summed E-state index contributed by atoms with van der Waals surface area (Å²) in [5.74, 6) is -0.235. The topological polar surface area (TPSA) is 127 Å². The van der Waals surface area contributed by atoms with Gasteiger partial charge in [0.25, 0.3) is 10.0 Å². The van der Waals surface area contributed by atoms with Gasteiger partial charge in [-0.15, -0.1) is 10.2 Å². The monoisotopic (exact) mass is 291 g/mol. The largest absolute Gasteiger partial charge is 0.317 e. The van der Waals surface area contributed by atoms with Crippen LogP contribution in [0.3, 0.4) is 0 Å². The number of hydrogen-bond donors (Lipinski definition) is 3. The Balaban J connectivity index is 2.01. The fraction of sp³-hybridized carbons (Fsp3) is 0.625. The summed E-state index contributed by atoms with van der Waals surface area (Å²) in [5.41, 5.74) is 0. The van der Waals surface area contributed by atoms with E-state index < -0.39 is 10.0 Å². The van der Waals surface area contributed by atoms with Crippen molar-refractivity contribution >= 4 is 32.4 Å². The van der Waals surface area contributed by atoms with Crippen LogP contribution in [0.1, 0.15) is 12.8 Å². The third-order valence-electron chi connectivity index (χ3n) is 2.59. The number of piperidine rings is 1. The van der Waals surface area contributed by atoms with Crippen LogP contribution in [0.25, 0.3) is 0 Å². The molecule has 0 unspecified atom stereocenters. The van der Waals surface area contributed by atoms with Crippen LogP contribution in [0.5, 0.6) is 0 Å². The van der Waals surface area contributed by atoms with Gasteiger partial charge in [0.15, 0.2) is 0 Å². The van der Waals surface area contributed by atoms with Crippen molar-refractivity contribution in [2.75, 3.05) is 18.4 Å². The molecule has 18 heavy (non-hydrogen) atoms. The van der Waals surface area contributed by atoms with Gasteiger partial charge < -0.3 is 10.6 Å². The van der Waals surface area contributed by atoms with E-state index in [1.165, 1.54) is 0 Å². The van der Waals surface area contributed by atoms with Crippen molar-refractivity contribution in [3.05, 3.63) is 0 Å². The molecule has 1 saturated heterocycles. The highest BCUT2D eigenvalue weighted by Crippen LogP contribution is 2.20. The second-order valence-corrected chi connectivity index (χ2v) is 6.64. The Labute approximate surface area is 108 Å². The van der Waals surface area contributed by atoms with Crippen LogP contribution in [-0.2, 0) is 14.8 Å². The standard InChI is InChI=1S/C8H13N5O3S2/c9-18(15,16)8-13-12-7(17-8)11-6(14)5-1-3-10-4-2-5/h5,10H,1-4H2,(H2,9,15,16)(H,11,12,14). The van der Waals surface area contributed by atoms with Crippen molar-refractivity contribution in [2.45, 2.75) is 17.2 Å². The Morgan fingerprint density at radius 3 is 2.61 bits per heavy atom. The predicted octanol–water partition coefficient (Wildman–Crippen LogP) is -0.876. The molecule has 2 heterocycles. The molecule has 1 fully saturated rings. The highest BCUT2D eigenvalue weighted by atomic mass is 32.2. The number of nitrogens with two attached hydrogens (primary N) is 1. The summed E-state index contributed by atoms with van der Waals surface area (Å²) in [7, 11) is -3.86. The number of rotatable bonds is 3. The molecule has 10 heteroatoms. The van der Waals surface area contributed by atoms with Crippen LogP contribution in [0.4, 0.5) is 5.13 Å². The highest BCUT2D eigenvalue weighted by Gasteiger charge is 2.23. The first kappa shape index (κ1) is 13.3. The van der Waals surface area contributed by atoms with Gasteiger partial charge in [0, 0.05) is 5.92 Å². The van der Waals surface area contributed by atoms with E-state index in [-0.39, 0.29) is 21.3 Å². The van der Waals surface area contributed by atoms with E-state index in [2.05, 4.69) is 20.8 Å². The first-order valence-electron chi connectivity index (χ1n) is 5.35. The number of nitrogens with zero attached hydrogens (tertiary/aromatic N) is 2.